The molecule has 0 aliphatic heterocycles. The number of nitrogens with two attached hydrogens (primary N) is 1. The molecule has 0 aliphatic rings. The lowest BCUT2D eigenvalue weighted by atomic mass is 9.96. The van der Waals surface area contributed by atoms with Crippen LogP contribution in [0, 0.1) is 0 Å². The Balaban J connectivity index is 2.25. The van der Waals surface area contributed by atoms with E-state index in [2.05, 4.69) is 13.8 Å². The van der Waals surface area contributed by atoms with E-state index in [1.807, 2.05) is 41.1 Å². The normalized spacial score (nSPS) is 12.5. The molecule has 102 valence electrons. The number of benzene rings is 1. The van der Waals surface area contributed by atoms with Gasteiger partial charge in [-0.3, -0.25) is 0 Å². The molecule has 1 aromatic heterocycles. The predicted molar refractivity (Wildman–Crippen MR) is 80.5 cm³/mol. The summed E-state index contributed by atoms with van der Waals surface area (Å²) in [4.78, 5) is 0. The van der Waals surface area contributed by atoms with Crippen LogP contribution in [0.2, 0.25) is 0 Å². The van der Waals surface area contributed by atoms with E-state index in [0.717, 1.165) is 23.6 Å². The molecular weight excluding hydrogens is 234 g/mol. The Kier molecular flexibility index (Phi) is 4.61. The Bertz CT molecular complexity index is 502. The zero-order chi connectivity index (χ0) is 13.7. The molecule has 2 aromatic rings. The summed E-state index contributed by atoms with van der Waals surface area (Å²) in [5.41, 5.74) is 8.24. The standard InChI is InChI=1S/C16H23N3/c1-3-5-9-13(4-2)15-12-16(17)19(18-15)14-10-7-6-8-11-14/h6-8,10-13H,3-5,9,17H2,1-2H3. The summed E-state index contributed by atoms with van der Waals surface area (Å²) in [5, 5.41) is 4.70. The van der Waals surface area contributed by atoms with Crippen LogP contribution in [0.5, 0.6) is 0 Å². The first-order valence-electron chi connectivity index (χ1n) is 7.17. The number of para-hydroxylation sites is 1. The minimum absolute atomic E-state index is 0.521. The molecule has 3 nitrogen and oxygen atoms in total. The second kappa shape index (κ2) is 6.41. The highest BCUT2D eigenvalue weighted by Gasteiger charge is 2.15. The van der Waals surface area contributed by atoms with Crippen molar-refractivity contribution in [3.63, 3.8) is 0 Å². The van der Waals surface area contributed by atoms with Crippen LogP contribution in [0.1, 0.15) is 51.1 Å². The number of anilines is 1. The maximum Gasteiger partial charge on any atom is 0.127 e. The van der Waals surface area contributed by atoms with Gasteiger partial charge < -0.3 is 5.73 Å². The van der Waals surface area contributed by atoms with Crippen molar-refractivity contribution in [1.82, 2.24) is 9.78 Å². The topological polar surface area (TPSA) is 43.8 Å². The van der Waals surface area contributed by atoms with Gasteiger partial charge in [0.15, 0.2) is 0 Å². The van der Waals surface area contributed by atoms with Crippen LogP contribution in [-0.4, -0.2) is 9.78 Å². The summed E-state index contributed by atoms with van der Waals surface area (Å²) in [5.74, 6) is 1.24. The second-order valence-electron chi connectivity index (χ2n) is 4.99. The first-order valence-corrected chi connectivity index (χ1v) is 7.17. The molecular formula is C16H23N3. The maximum absolute atomic E-state index is 6.10. The first kappa shape index (κ1) is 13.7. The van der Waals surface area contributed by atoms with Gasteiger partial charge in [-0.2, -0.15) is 5.10 Å². The molecule has 19 heavy (non-hydrogen) atoms. The van der Waals surface area contributed by atoms with E-state index in [1.165, 1.54) is 19.3 Å². The highest BCUT2D eigenvalue weighted by Crippen LogP contribution is 2.27. The summed E-state index contributed by atoms with van der Waals surface area (Å²) in [6, 6.07) is 12.1. The number of hydrogen-bond donors (Lipinski definition) is 1. The van der Waals surface area contributed by atoms with Gasteiger partial charge in [-0.1, -0.05) is 44.9 Å². The summed E-state index contributed by atoms with van der Waals surface area (Å²) in [6.07, 6.45) is 4.78. The quantitative estimate of drug-likeness (QED) is 0.845. The third-order valence-corrected chi connectivity index (χ3v) is 3.57. The van der Waals surface area contributed by atoms with Crippen molar-refractivity contribution < 1.29 is 0 Å². The zero-order valence-electron chi connectivity index (χ0n) is 11.8. The number of unbranched alkanes of at least 4 members (excludes halogenated alkanes) is 1. The van der Waals surface area contributed by atoms with Crippen molar-refractivity contribution in [2.75, 3.05) is 5.73 Å². The lowest BCUT2D eigenvalue weighted by Gasteiger charge is -2.11. The number of nitrogens with zero attached hydrogens (tertiary/aromatic N) is 2. The Hall–Kier alpha value is -1.77. The molecule has 0 saturated heterocycles. The van der Waals surface area contributed by atoms with Crippen molar-refractivity contribution in [1.29, 1.82) is 0 Å². The molecule has 1 aromatic carbocycles. The molecule has 1 unspecified atom stereocenters. The molecule has 1 heterocycles. The van der Waals surface area contributed by atoms with Crippen molar-refractivity contribution in [2.24, 2.45) is 0 Å². The molecule has 0 saturated carbocycles. The van der Waals surface area contributed by atoms with Gasteiger partial charge in [0.25, 0.3) is 0 Å². The highest BCUT2D eigenvalue weighted by molar-refractivity contribution is 5.43. The van der Waals surface area contributed by atoms with Gasteiger partial charge in [0.2, 0.25) is 0 Å². The Morgan fingerprint density at radius 3 is 2.58 bits per heavy atom. The van der Waals surface area contributed by atoms with Crippen LogP contribution >= 0.6 is 0 Å². The van der Waals surface area contributed by atoms with Gasteiger partial charge in [0.1, 0.15) is 5.82 Å². The van der Waals surface area contributed by atoms with E-state index in [4.69, 9.17) is 10.8 Å². The number of hydrogen-bond acceptors (Lipinski definition) is 2. The fourth-order valence-electron chi connectivity index (χ4n) is 2.40. The van der Waals surface area contributed by atoms with Crippen molar-refractivity contribution in [2.45, 2.75) is 45.4 Å². The molecule has 0 bridgehead atoms. The zero-order valence-corrected chi connectivity index (χ0v) is 11.8. The SMILES string of the molecule is CCCCC(CC)c1cc(N)n(-c2ccccc2)n1. The Labute approximate surface area is 115 Å². The van der Waals surface area contributed by atoms with E-state index >= 15 is 0 Å². The van der Waals surface area contributed by atoms with Crippen molar-refractivity contribution >= 4 is 5.82 Å². The molecule has 0 spiro atoms. The highest BCUT2D eigenvalue weighted by atomic mass is 15.3. The van der Waals surface area contributed by atoms with E-state index in [-0.39, 0.29) is 0 Å². The van der Waals surface area contributed by atoms with Crippen molar-refractivity contribution in [3.8, 4) is 5.69 Å². The van der Waals surface area contributed by atoms with Gasteiger partial charge in [-0.05, 0) is 25.0 Å². The van der Waals surface area contributed by atoms with Gasteiger partial charge in [-0.25, -0.2) is 4.68 Å². The second-order valence-corrected chi connectivity index (χ2v) is 4.99. The lowest BCUT2D eigenvalue weighted by molar-refractivity contribution is 0.552. The minimum atomic E-state index is 0.521. The van der Waals surface area contributed by atoms with Crippen LogP contribution in [0.3, 0.4) is 0 Å². The summed E-state index contributed by atoms with van der Waals surface area (Å²) >= 11 is 0. The van der Waals surface area contributed by atoms with Gasteiger partial charge in [-0.15, -0.1) is 0 Å². The predicted octanol–water partition coefficient (Wildman–Crippen LogP) is 4.14. The summed E-state index contributed by atoms with van der Waals surface area (Å²) in [7, 11) is 0. The molecule has 0 radical (unpaired) electrons. The third kappa shape index (κ3) is 3.16. The van der Waals surface area contributed by atoms with Crippen LogP contribution in [-0.2, 0) is 0 Å². The van der Waals surface area contributed by atoms with Crippen molar-refractivity contribution in [3.05, 3.63) is 42.1 Å². The van der Waals surface area contributed by atoms with Gasteiger partial charge in [0.05, 0.1) is 11.4 Å². The molecule has 0 amide bonds. The Morgan fingerprint density at radius 2 is 1.95 bits per heavy atom. The van der Waals surface area contributed by atoms with E-state index < -0.39 is 0 Å². The Morgan fingerprint density at radius 1 is 1.21 bits per heavy atom. The maximum atomic E-state index is 6.10. The third-order valence-electron chi connectivity index (χ3n) is 3.57. The summed E-state index contributed by atoms with van der Waals surface area (Å²) in [6.45, 7) is 4.45. The largest absolute Gasteiger partial charge is 0.384 e. The van der Waals surface area contributed by atoms with E-state index in [1.54, 1.807) is 0 Å². The molecule has 0 aliphatic carbocycles. The van der Waals surface area contributed by atoms with E-state index in [9.17, 15) is 0 Å². The molecule has 2 N–H and O–H groups in total. The molecule has 3 heteroatoms. The number of rotatable bonds is 6. The monoisotopic (exact) mass is 257 g/mol. The summed E-state index contributed by atoms with van der Waals surface area (Å²) < 4.78 is 1.84. The molecule has 1 atom stereocenters. The molecule has 2 rings (SSSR count). The van der Waals surface area contributed by atoms with E-state index in [0.29, 0.717) is 5.92 Å². The lowest BCUT2D eigenvalue weighted by Crippen LogP contribution is -2.03. The van der Waals surface area contributed by atoms with Crippen LogP contribution in [0.4, 0.5) is 5.82 Å². The first-order chi connectivity index (χ1) is 9.26. The average molecular weight is 257 g/mol. The fourth-order valence-corrected chi connectivity index (χ4v) is 2.40. The van der Waals surface area contributed by atoms with Crippen LogP contribution in [0.25, 0.3) is 5.69 Å². The fraction of sp³-hybridized carbons (Fsp3) is 0.438. The molecule has 0 fully saturated rings. The number of aromatic nitrogens is 2. The average Bonchev–Trinajstić information content (AvgIpc) is 2.83. The van der Waals surface area contributed by atoms with Crippen LogP contribution < -0.4 is 5.73 Å². The minimum Gasteiger partial charge on any atom is -0.384 e. The van der Waals surface area contributed by atoms with Gasteiger partial charge >= 0.3 is 0 Å². The van der Waals surface area contributed by atoms with Gasteiger partial charge in [0, 0.05) is 12.0 Å². The van der Waals surface area contributed by atoms with Crippen LogP contribution in [0.15, 0.2) is 36.4 Å². The number of nitrogen functional groups attached to an aromatic ring is 1. The smallest absolute Gasteiger partial charge is 0.127 e.